The van der Waals surface area contributed by atoms with Gasteiger partial charge >= 0.3 is 0 Å². The molecule has 5 nitrogen and oxygen atoms in total. The van der Waals surface area contributed by atoms with Gasteiger partial charge < -0.3 is 20.3 Å². The van der Waals surface area contributed by atoms with E-state index in [-0.39, 0.29) is 30.5 Å². The van der Waals surface area contributed by atoms with Gasteiger partial charge in [-0.05, 0) is 42.4 Å². The molecule has 0 fully saturated rings. The Morgan fingerprint density at radius 3 is 2.60 bits per heavy atom. The first-order valence-corrected chi connectivity index (χ1v) is 11.7. The van der Waals surface area contributed by atoms with Crippen molar-refractivity contribution in [1.82, 2.24) is 10.3 Å². The number of amides is 1. The Labute approximate surface area is 181 Å². The minimum atomic E-state index is -0.271. The molecule has 0 spiro atoms. The molecule has 1 aliphatic heterocycles. The average molecular weight is 414 g/mol. The lowest BCUT2D eigenvalue weighted by Gasteiger charge is -2.32. The fraction of sp³-hybridized carbons (Fsp3) is 0.640. The Balaban J connectivity index is 1.93. The number of carbonyl (C=O) groups excluding carboxylic acids is 1. The molecule has 0 saturated heterocycles. The fourth-order valence-electron chi connectivity index (χ4n) is 4.90. The maximum Gasteiger partial charge on any atom is 0.243 e. The molecule has 2 aromatic rings. The number of aromatic nitrogens is 1. The van der Waals surface area contributed by atoms with Crippen molar-refractivity contribution in [3.8, 4) is 0 Å². The standard InChI is InChI=1S/C25H39N3O2/c1-5-6-7-8-9-10-11-18-12-13-21-22-19(15-26-23(18)22)14-20(16-29)27-25(30)24(17(2)3)28(21)4/h12-13,15,17,20,24,26,29H,5-11,14,16H2,1-4H3,(H,27,30)/t20-,24?/m1/s1. The Morgan fingerprint density at radius 1 is 1.17 bits per heavy atom. The van der Waals surface area contributed by atoms with Crippen LogP contribution in [0.2, 0.25) is 0 Å². The van der Waals surface area contributed by atoms with Crippen LogP contribution in [0.3, 0.4) is 0 Å². The van der Waals surface area contributed by atoms with Crippen molar-refractivity contribution < 1.29 is 9.90 Å². The lowest BCUT2D eigenvalue weighted by molar-refractivity contribution is -0.124. The number of carbonyl (C=O) groups is 1. The number of nitrogens with one attached hydrogen (secondary N) is 2. The number of nitrogens with zero attached hydrogens (tertiary/aromatic N) is 1. The van der Waals surface area contributed by atoms with E-state index in [1.165, 1.54) is 60.6 Å². The van der Waals surface area contributed by atoms with Gasteiger partial charge in [0, 0.05) is 24.3 Å². The van der Waals surface area contributed by atoms with Crippen molar-refractivity contribution in [1.29, 1.82) is 0 Å². The molecule has 166 valence electrons. The van der Waals surface area contributed by atoms with Crippen LogP contribution >= 0.6 is 0 Å². The highest BCUT2D eigenvalue weighted by molar-refractivity contribution is 5.99. The molecule has 1 aromatic heterocycles. The van der Waals surface area contributed by atoms with Crippen LogP contribution in [-0.2, 0) is 17.6 Å². The predicted octanol–water partition coefficient (Wildman–Crippen LogP) is 4.56. The van der Waals surface area contributed by atoms with Crippen LogP contribution in [-0.4, -0.2) is 41.7 Å². The van der Waals surface area contributed by atoms with Crippen molar-refractivity contribution in [2.75, 3.05) is 18.6 Å². The number of unbranched alkanes of at least 4 members (excludes halogenated alkanes) is 5. The van der Waals surface area contributed by atoms with E-state index in [4.69, 9.17) is 0 Å². The van der Waals surface area contributed by atoms with Gasteiger partial charge in [-0.3, -0.25) is 4.79 Å². The first kappa shape index (κ1) is 22.7. The van der Waals surface area contributed by atoms with Crippen LogP contribution < -0.4 is 10.2 Å². The third-order valence-electron chi connectivity index (χ3n) is 6.51. The molecule has 1 aromatic carbocycles. The summed E-state index contributed by atoms with van der Waals surface area (Å²) in [5, 5.41) is 14.1. The second-order valence-corrected chi connectivity index (χ2v) is 9.22. The van der Waals surface area contributed by atoms with Gasteiger partial charge in [0.25, 0.3) is 0 Å². The summed E-state index contributed by atoms with van der Waals surface area (Å²) in [5.74, 6) is 0.151. The van der Waals surface area contributed by atoms with Gasteiger partial charge in [-0.2, -0.15) is 0 Å². The van der Waals surface area contributed by atoms with Gasteiger partial charge in [0.1, 0.15) is 6.04 Å². The van der Waals surface area contributed by atoms with Crippen molar-refractivity contribution in [2.24, 2.45) is 5.92 Å². The van der Waals surface area contributed by atoms with Gasteiger partial charge in [-0.1, -0.05) is 58.9 Å². The normalized spacial score (nSPS) is 19.7. The summed E-state index contributed by atoms with van der Waals surface area (Å²) >= 11 is 0. The number of likely N-dealkylation sites (N-methyl/N-ethyl adjacent to an activating group) is 1. The Kier molecular flexibility index (Phi) is 7.81. The molecule has 0 radical (unpaired) electrons. The topological polar surface area (TPSA) is 68.4 Å². The number of aliphatic hydroxyl groups excluding tert-OH is 1. The van der Waals surface area contributed by atoms with Crippen molar-refractivity contribution in [3.63, 3.8) is 0 Å². The monoisotopic (exact) mass is 413 g/mol. The van der Waals surface area contributed by atoms with E-state index >= 15 is 0 Å². The molecular weight excluding hydrogens is 374 g/mol. The van der Waals surface area contributed by atoms with Crippen LogP contribution in [0.25, 0.3) is 10.9 Å². The summed E-state index contributed by atoms with van der Waals surface area (Å²) in [6.07, 6.45) is 11.5. The lowest BCUT2D eigenvalue weighted by atomic mass is 9.97. The van der Waals surface area contributed by atoms with E-state index in [2.05, 4.69) is 54.3 Å². The Hall–Kier alpha value is -2.01. The molecule has 0 bridgehead atoms. The van der Waals surface area contributed by atoms with Crippen LogP contribution in [0.4, 0.5) is 5.69 Å². The second kappa shape index (κ2) is 10.3. The number of aryl methyl sites for hydroxylation is 1. The van der Waals surface area contributed by atoms with Crippen LogP contribution in [0, 0.1) is 5.92 Å². The summed E-state index contributed by atoms with van der Waals surface area (Å²) in [5.41, 5.74) is 4.81. The fourth-order valence-corrected chi connectivity index (χ4v) is 4.90. The molecule has 3 N–H and O–H groups in total. The van der Waals surface area contributed by atoms with Gasteiger partial charge in [-0.25, -0.2) is 0 Å². The highest BCUT2D eigenvalue weighted by Crippen LogP contribution is 2.35. The van der Waals surface area contributed by atoms with E-state index in [9.17, 15) is 9.90 Å². The first-order valence-electron chi connectivity index (χ1n) is 11.7. The zero-order valence-corrected chi connectivity index (χ0v) is 19.1. The van der Waals surface area contributed by atoms with Crippen LogP contribution in [0.15, 0.2) is 18.3 Å². The van der Waals surface area contributed by atoms with Gasteiger partial charge in [0.2, 0.25) is 5.91 Å². The zero-order valence-electron chi connectivity index (χ0n) is 19.1. The SMILES string of the molecule is CCCCCCCCc1ccc2c3c(c[nH]c13)C[C@H](CO)NC(=O)C(C(C)C)N2C. The highest BCUT2D eigenvalue weighted by Gasteiger charge is 2.32. The third-order valence-corrected chi connectivity index (χ3v) is 6.51. The van der Waals surface area contributed by atoms with E-state index in [1.807, 2.05) is 7.05 Å². The van der Waals surface area contributed by atoms with Crippen molar-refractivity contribution in [2.45, 2.75) is 84.2 Å². The summed E-state index contributed by atoms with van der Waals surface area (Å²) in [6.45, 7) is 6.35. The molecule has 30 heavy (non-hydrogen) atoms. The Morgan fingerprint density at radius 2 is 1.90 bits per heavy atom. The lowest BCUT2D eigenvalue weighted by Crippen LogP contribution is -2.52. The molecule has 0 saturated carbocycles. The molecule has 1 amide bonds. The van der Waals surface area contributed by atoms with E-state index in [1.54, 1.807) is 0 Å². The minimum Gasteiger partial charge on any atom is -0.394 e. The second-order valence-electron chi connectivity index (χ2n) is 9.22. The smallest absolute Gasteiger partial charge is 0.243 e. The summed E-state index contributed by atoms with van der Waals surface area (Å²) in [7, 11) is 2.02. The third kappa shape index (κ3) is 4.83. The van der Waals surface area contributed by atoms with Crippen LogP contribution in [0.5, 0.6) is 0 Å². The Bertz CT molecular complexity index is 842. The molecule has 3 rings (SSSR count). The number of hydrogen-bond donors (Lipinski definition) is 3. The number of benzene rings is 1. The summed E-state index contributed by atoms with van der Waals surface area (Å²) < 4.78 is 0. The quantitative estimate of drug-likeness (QED) is 0.528. The number of rotatable bonds is 9. The molecule has 1 unspecified atom stereocenters. The first-order chi connectivity index (χ1) is 14.5. The van der Waals surface area contributed by atoms with Crippen molar-refractivity contribution >= 4 is 22.5 Å². The minimum absolute atomic E-state index is 0.00927. The van der Waals surface area contributed by atoms with E-state index in [0.717, 1.165) is 12.1 Å². The molecular formula is C25H39N3O2. The average Bonchev–Trinajstić information content (AvgIpc) is 3.14. The zero-order chi connectivity index (χ0) is 21.7. The number of H-pyrrole nitrogens is 1. The van der Waals surface area contributed by atoms with Gasteiger partial charge in [-0.15, -0.1) is 0 Å². The molecule has 1 aliphatic rings. The number of anilines is 1. The van der Waals surface area contributed by atoms with Gasteiger partial charge in [0.05, 0.1) is 18.2 Å². The maximum absolute atomic E-state index is 13.0. The van der Waals surface area contributed by atoms with Gasteiger partial charge in [0.15, 0.2) is 0 Å². The largest absolute Gasteiger partial charge is 0.394 e. The number of hydrogen-bond acceptors (Lipinski definition) is 3. The van der Waals surface area contributed by atoms with Crippen LogP contribution in [0.1, 0.15) is 70.4 Å². The molecule has 0 aliphatic carbocycles. The number of aromatic amines is 1. The number of aliphatic hydroxyl groups is 1. The van der Waals surface area contributed by atoms with Crippen molar-refractivity contribution in [3.05, 3.63) is 29.5 Å². The highest BCUT2D eigenvalue weighted by atomic mass is 16.3. The summed E-state index contributed by atoms with van der Waals surface area (Å²) in [4.78, 5) is 18.6. The molecule has 2 atom stereocenters. The molecule has 5 heteroatoms. The maximum atomic E-state index is 13.0. The van der Waals surface area contributed by atoms with E-state index < -0.39 is 0 Å². The predicted molar refractivity (Wildman–Crippen MR) is 125 cm³/mol. The van der Waals surface area contributed by atoms with E-state index in [0.29, 0.717) is 6.42 Å². The molecule has 2 heterocycles. The summed E-state index contributed by atoms with van der Waals surface area (Å²) in [6, 6.07) is 3.89.